The second-order valence-corrected chi connectivity index (χ2v) is 6.77. The third-order valence-electron chi connectivity index (χ3n) is 4.80. The molecule has 1 N–H and O–H groups in total. The summed E-state index contributed by atoms with van der Waals surface area (Å²) in [6.07, 6.45) is 9.87. The SMILES string of the molecule is CCCC(NCC)C(CC)N(CC1CC1)CC1CC1. The van der Waals surface area contributed by atoms with Crippen LogP contribution in [0.3, 0.4) is 0 Å². The Kier molecular flexibility index (Phi) is 6.15. The lowest BCUT2D eigenvalue weighted by Gasteiger charge is -2.37. The van der Waals surface area contributed by atoms with Gasteiger partial charge >= 0.3 is 0 Å². The van der Waals surface area contributed by atoms with Crippen LogP contribution in [0.5, 0.6) is 0 Å². The molecule has 2 aliphatic carbocycles. The minimum atomic E-state index is 0.706. The average Bonchev–Trinajstić information content (AvgIpc) is 3.26. The Bertz CT molecular complexity index is 226. The first kappa shape index (κ1) is 15.3. The quantitative estimate of drug-likeness (QED) is 0.614. The van der Waals surface area contributed by atoms with E-state index >= 15 is 0 Å². The smallest absolute Gasteiger partial charge is 0.0246 e. The van der Waals surface area contributed by atoms with Gasteiger partial charge in [0.05, 0.1) is 0 Å². The molecule has 0 spiro atoms. The summed E-state index contributed by atoms with van der Waals surface area (Å²) in [5.41, 5.74) is 0. The molecule has 2 rings (SSSR count). The van der Waals surface area contributed by atoms with Crippen molar-refractivity contribution in [2.75, 3.05) is 19.6 Å². The zero-order chi connectivity index (χ0) is 13.7. The van der Waals surface area contributed by atoms with Crippen LogP contribution in [0.1, 0.15) is 65.7 Å². The lowest BCUT2D eigenvalue weighted by atomic mass is 9.98. The van der Waals surface area contributed by atoms with Crippen molar-refractivity contribution in [2.24, 2.45) is 11.8 Å². The zero-order valence-corrected chi connectivity index (χ0v) is 13.3. The Morgan fingerprint density at radius 1 is 1.00 bits per heavy atom. The summed E-state index contributed by atoms with van der Waals surface area (Å²) in [7, 11) is 0. The van der Waals surface area contributed by atoms with Crippen molar-refractivity contribution >= 4 is 0 Å². The molecule has 0 aliphatic heterocycles. The minimum absolute atomic E-state index is 0.706. The van der Waals surface area contributed by atoms with Crippen LogP contribution in [-0.4, -0.2) is 36.6 Å². The molecule has 0 saturated heterocycles. The Morgan fingerprint density at radius 2 is 1.58 bits per heavy atom. The summed E-state index contributed by atoms with van der Waals surface area (Å²) in [6.45, 7) is 10.8. The van der Waals surface area contributed by atoms with Crippen LogP contribution >= 0.6 is 0 Å². The molecular formula is C17H34N2. The lowest BCUT2D eigenvalue weighted by molar-refractivity contribution is 0.134. The molecule has 0 aromatic rings. The van der Waals surface area contributed by atoms with Gasteiger partial charge in [0.1, 0.15) is 0 Å². The first-order chi connectivity index (χ1) is 9.28. The first-order valence-corrected chi connectivity index (χ1v) is 8.75. The van der Waals surface area contributed by atoms with E-state index in [2.05, 4.69) is 31.0 Å². The molecule has 2 fully saturated rings. The number of likely N-dealkylation sites (N-methyl/N-ethyl adjacent to an activating group) is 1. The van der Waals surface area contributed by atoms with E-state index in [0.29, 0.717) is 6.04 Å². The number of hydrogen-bond acceptors (Lipinski definition) is 2. The van der Waals surface area contributed by atoms with E-state index in [1.54, 1.807) is 0 Å². The van der Waals surface area contributed by atoms with Crippen LogP contribution < -0.4 is 5.32 Å². The minimum Gasteiger partial charge on any atom is -0.313 e. The summed E-state index contributed by atoms with van der Waals surface area (Å²) >= 11 is 0. The van der Waals surface area contributed by atoms with Crippen molar-refractivity contribution in [1.82, 2.24) is 10.2 Å². The van der Waals surface area contributed by atoms with Crippen molar-refractivity contribution in [3.05, 3.63) is 0 Å². The van der Waals surface area contributed by atoms with Crippen LogP contribution in [0, 0.1) is 11.8 Å². The van der Waals surface area contributed by atoms with Gasteiger partial charge in [-0.25, -0.2) is 0 Å². The van der Waals surface area contributed by atoms with E-state index in [1.807, 2.05) is 0 Å². The first-order valence-electron chi connectivity index (χ1n) is 8.75. The summed E-state index contributed by atoms with van der Waals surface area (Å²) < 4.78 is 0. The molecule has 112 valence electrons. The molecule has 2 aliphatic rings. The Morgan fingerprint density at radius 3 is 1.95 bits per heavy atom. The lowest BCUT2D eigenvalue weighted by Crippen LogP contribution is -2.51. The molecule has 0 aromatic carbocycles. The van der Waals surface area contributed by atoms with E-state index in [-0.39, 0.29) is 0 Å². The highest BCUT2D eigenvalue weighted by atomic mass is 15.2. The van der Waals surface area contributed by atoms with Gasteiger partial charge in [-0.05, 0) is 56.9 Å². The number of nitrogens with one attached hydrogen (secondary N) is 1. The fraction of sp³-hybridized carbons (Fsp3) is 1.00. The second-order valence-electron chi connectivity index (χ2n) is 6.77. The molecule has 0 aromatic heterocycles. The van der Waals surface area contributed by atoms with Crippen LogP contribution in [0.2, 0.25) is 0 Å². The molecule has 0 amide bonds. The summed E-state index contributed by atoms with van der Waals surface area (Å²) in [5.74, 6) is 2.05. The molecule has 2 atom stereocenters. The van der Waals surface area contributed by atoms with E-state index in [9.17, 15) is 0 Å². The third kappa shape index (κ3) is 5.07. The van der Waals surface area contributed by atoms with Crippen molar-refractivity contribution in [1.29, 1.82) is 0 Å². The zero-order valence-electron chi connectivity index (χ0n) is 13.3. The molecule has 2 nitrogen and oxygen atoms in total. The Balaban J connectivity index is 1.94. The largest absolute Gasteiger partial charge is 0.313 e. The van der Waals surface area contributed by atoms with Crippen LogP contribution in [0.15, 0.2) is 0 Å². The second kappa shape index (κ2) is 7.64. The summed E-state index contributed by atoms with van der Waals surface area (Å²) in [6, 6.07) is 1.47. The topological polar surface area (TPSA) is 15.3 Å². The Labute approximate surface area is 120 Å². The maximum atomic E-state index is 3.76. The molecule has 0 bridgehead atoms. The van der Waals surface area contributed by atoms with Gasteiger partial charge in [-0.3, -0.25) is 4.90 Å². The van der Waals surface area contributed by atoms with Gasteiger partial charge in [-0.2, -0.15) is 0 Å². The van der Waals surface area contributed by atoms with Gasteiger partial charge in [-0.15, -0.1) is 0 Å². The molecule has 2 unspecified atom stereocenters. The third-order valence-corrected chi connectivity index (χ3v) is 4.80. The predicted molar refractivity (Wildman–Crippen MR) is 83.5 cm³/mol. The molecular weight excluding hydrogens is 232 g/mol. The highest BCUT2D eigenvalue weighted by Crippen LogP contribution is 2.35. The molecule has 2 heteroatoms. The van der Waals surface area contributed by atoms with E-state index in [1.165, 1.54) is 58.0 Å². The van der Waals surface area contributed by atoms with E-state index in [0.717, 1.165) is 24.4 Å². The predicted octanol–water partition coefficient (Wildman–Crippen LogP) is 3.67. The van der Waals surface area contributed by atoms with Crippen molar-refractivity contribution in [3.8, 4) is 0 Å². The van der Waals surface area contributed by atoms with Crippen molar-refractivity contribution in [3.63, 3.8) is 0 Å². The van der Waals surface area contributed by atoms with E-state index < -0.39 is 0 Å². The fourth-order valence-electron chi connectivity index (χ4n) is 3.41. The van der Waals surface area contributed by atoms with Gasteiger partial charge in [0.25, 0.3) is 0 Å². The van der Waals surface area contributed by atoms with Gasteiger partial charge in [0.15, 0.2) is 0 Å². The highest BCUT2D eigenvalue weighted by molar-refractivity contribution is 4.90. The molecule has 0 heterocycles. The number of rotatable bonds is 11. The van der Waals surface area contributed by atoms with Crippen molar-refractivity contribution < 1.29 is 0 Å². The monoisotopic (exact) mass is 266 g/mol. The maximum Gasteiger partial charge on any atom is 0.0246 e. The summed E-state index contributed by atoms with van der Waals surface area (Å²) in [5, 5.41) is 3.76. The maximum absolute atomic E-state index is 3.76. The van der Waals surface area contributed by atoms with Crippen molar-refractivity contribution in [2.45, 2.75) is 77.8 Å². The van der Waals surface area contributed by atoms with Gasteiger partial charge in [0, 0.05) is 25.2 Å². The molecule has 2 saturated carbocycles. The molecule has 0 radical (unpaired) electrons. The standard InChI is InChI=1S/C17H34N2/c1-4-7-16(18-6-3)17(5-2)19(12-14-8-9-14)13-15-10-11-15/h14-18H,4-13H2,1-3H3. The fourth-order valence-corrected chi connectivity index (χ4v) is 3.41. The van der Waals surface area contributed by atoms with Gasteiger partial charge in [-0.1, -0.05) is 27.2 Å². The van der Waals surface area contributed by atoms with Crippen LogP contribution in [0.25, 0.3) is 0 Å². The van der Waals surface area contributed by atoms with Crippen LogP contribution in [-0.2, 0) is 0 Å². The highest BCUT2D eigenvalue weighted by Gasteiger charge is 2.34. The van der Waals surface area contributed by atoms with Crippen LogP contribution in [0.4, 0.5) is 0 Å². The summed E-state index contributed by atoms with van der Waals surface area (Å²) in [4.78, 5) is 2.86. The van der Waals surface area contributed by atoms with E-state index in [4.69, 9.17) is 0 Å². The Hall–Kier alpha value is -0.0800. The average molecular weight is 266 g/mol. The number of nitrogens with zero attached hydrogens (tertiary/aromatic N) is 1. The number of hydrogen-bond donors (Lipinski definition) is 1. The van der Waals surface area contributed by atoms with Gasteiger partial charge < -0.3 is 5.32 Å². The normalized spacial score (nSPS) is 22.7. The molecule has 19 heavy (non-hydrogen) atoms. The van der Waals surface area contributed by atoms with Gasteiger partial charge in [0.2, 0.25) is 0 Å².